The molecule has 1 aliphatic heterocycles. The maximum atomic E-state index is 12.2. The van der Waals surface area contributed by atoms with Crippen LogP contribution >= 0.6 is 27.3 Å². The summed E-state index contributed by atoms with van der Waals surface area (Å²) < 4.78 is 1.02. The maximum Gasteiger partial charge on any atom is 0.176 e. The van der Waals surface area contributed by atoms with Crippen LogP contribution in [0.5, 0.6) is 0 Å². The molecule has 0 amide bonds. The average Bonchev–Trinajstić information content (AvgIpc) is 2.76. The van der Waals surface area contributed by atoms with Gasteiger partial charge >= 0.3 is 0 Å². The lowest BCUT2D eigenvalue weighted by Crippen LogP contribution is -2.45. The molecule has 1 unspecified atom stereocenters. The van der Waals surface area contributed by atoms with E-state index in [2.05, 4.69) is 26.1 Å². The van der Waals surface area contributed by atoms with Gasteiger partial charge in [-0.25, -0.2) is 0 Å². The molecule has 2 rings (SSSR count). The second kappa shape index (κ2) is 6.09. The second-order valence-corrected chi connectivity index (χ2v) is 6.88. The highest BCUT2D eigenvalue weighted by atomic mass is 79.9. The molecule has 1 N–H and O–H groups in total. The van der Waals surface area contributed by atoms with Gasteiger partial charge in [-0.3, -0.25) is 4.79 Å². The van der Waals surface area contributed by atoms with Crippen molar-refractivity contribution in [2.24, 2.45) is 5.92 Å². The lowest BCUT2D eigenvalue weighted by Gasteiger charge is -2.29. The summed E-state index contributed by atoms with van der Waals surface area (Å²) in [7, 11) is 0. The van der Waals surface area contributed by atoms with Crippen molar-refractivity contribution >= 4 is 33.0 Å². The molecule has 0 spiro atoms. The van der Waals surface area contributed by atoms with E-state index >= 15 is 0 Å². The van der Waals surface area contributed by atoms with Crippen LogP contribution in [-0.2, 0) is 0 Å². The quantitative estimate of drug-likeness (QED) is 0.865. The van der Waals surface area contributed by atoms with Crippen molar-refractivity contribution in [3.05, 3.63) is 20.8 Å². The Labute approximate surface area is 114 Å². The third-order valence-corrected chi connectivity index (χ3v) is 4.64. The van der Waals surface area contributed by atoms with Crippen LogP contribution < -0.4 is 5.32 Å². The number of hydrogen-bond donors (Lipinski definition) is 1. The van der Waals surface area contributed by atoms with Crippen LogP contribution in [0.4, 0.5) is 0 Å². The number of ketones is 1. The Morgan fingerprint density at radius 3 is 2.82 bits per heavy atom. The molecule has 0 aromatic carbocycles. The summed E-state index contributed by atoms with van der Waals surface area (Å²) in [4.78, 5) is 15.4. The van der Waals surface area contributed by atoms with Gasteiger partial charge in [-0.05, 0) is 28.1 Å². The predicted octanol–water partition coefficient (Wildman–Crippen LogP) is 2.23. The molecule has 1 saturated heterocycles. The average molecular weight is 317 g/mol. The Bertz CT molecular complexity index is 388. The van der Waals surface area contributed by atoms with Crippen molar-refractivity contribution in [3.63, 3.8) is 0 Å². The van der Waals surface area contributed by atoms with Crippen LogP contribution in [0, 0.1) is 5.92 Å². The third-order valence-electron chi connectivity index (χ3n) is 3.01. The molecule has 0 radical (unpaired) electrons. The van der Waals surface area contributed by atoms with Crippen molar-refractivity contribution in [2.45, 2.75) is 6.92 Å². The molecule has 0 saturated carbocycles. The highest BCUT2D eigenvalue weighted by molar-refractivity contribution is 9.11. The first kappa shape index (κ1) is 13.2. The van der Waals surface area contributed by atoms with Crippen molar-refractivity contribution in [3.8, 4) is 0 Å². The second-order valence-electron chi connectivity index (χ2n) is 4.42. The van der Waals surface area contributed by atoms with E-state index in [1.807, 2.05) is 19.1 Å². The lowest BCUT2D eigenvalue weighted by molar-refractivity contribution is 0.0891. The molecule has 1 atom stereocenters. The summed E-state index contributed by atoms with van der Waals surface area (Å²) in [6, 6.07) is 3.85. The van der Waals surface area contributed by atoms with Gasteiger partial charge < -0.3 is 10.2 Å². The normalized spacial score (nSPS) is 19.2. The molecule has 1 aromatic heterocycles. The van der Waals surface area contributed by atoms with E-state index < -0.39 is 0 Å². The van der Waals surface area contributed by atoms with Crippen LogP contribution in [0.3, 0.4) is 0 Å². The van der Waals surface area contributed by atoms with Crippen molar-refractivity contribution in [1.29, 1.82) is 0 Å². The summed E-state index contributed by atoms with van der Waals surface area (Å²) >= 11 is 4.92. The van der Waals surface area contributed by atoms with E-state index in [0.29, 0.717) is 0 Å². The molecular weight excluding hydrogens is 300 g/mol. The fourth-order valence-corrected chi connectivity index (χ4v) is 3.49. The van der Waals surface area contributed by atoms with Gasteiger partial charge in [0.2, 0.25) is 0 Å². The van der Waals surface area contributed by atoms with Crippen molar-refractivity contribution in [2.75, 3.05) is 32.7 Å². The minimum Gasteiger partial charge on any atom is -0.314 e. The summed E-state index contributed by atoms with van der Waals surface area (Å²) in [5, 5.41) is 3.32. The Balaban J connectivity index is 1.90. The lowest BCUT2D eigenvalue weighted by atomic mass is 10.0. The molecule has 0 bridgehead atoms. The van der Waals surface area contributed by atoms with E-state index in [1.165, 1.54) is 11.3 Å². The van der Waals surface area contributed by atoms with Gasteiger partial charge in [0, 0.05) is 38.6 Å². The van der Waals surface area contributed by atoms with Crippen molar-refractivity contribution < 1.29 is 4.79 Å². The van der Waals surface area contributed by atoms with Crippen LogP contribution in [-0.4, -0.2) is 43.4 Å². The third kappa shape index (κ3) is 3.61. The zero-order valence-corrected chi connectivity index (χ0v) is 12.3. The molecule has 1 aliphatic rings. The fraction of sp³-hybridized carbons (Fsp3) is 0.583. The first-order valence-corrected chi connectivity index (χ1v) is 7.50. The van der Waals surface area contributed by atoms with Gasteiger partial charge in [-0.2, -0.15) is 0 Å². The molecule has 3 nitrogen and oxygen atoms in total. The molecular formula is C12H17BrN2OS. The Morgan fingerprint density at radius 1 is 1.53 bits per heavy atom. The summed E-state index contributed by atoms with van der Waals surface area (Å²) in [5.41, 5.74) is 0. The number of rotatable bonds is 4. The van der Waals surface area contributed by atoms with Gasteiger partial charge in [-0.1, -0.05) is 6.92 Å². The maximum absolute atomic E-state index is 12.2. The molecule has 1 fully saturated rings. The number of carbonyl (C=O) groups excluding carboxylic acids is 1. The van der Waals surface area contributed by atoms with Crippen LogP contribution in [0.1, 0.15) is 16.6 Å². The number of thiophene rings is 1. The van der Waals surface area contributed by atoms with Crippen molar-refractivity contribution in [1.82, 2.24) is 10.2 Å². The minimum atomic E-state index is 0.0821. The van der Waals surface area contributed by atoms with E-state index in [0.717, 1.165) is 41.4 Å². The van der Waals surface area contributed by atoms with E-state index in [9.17, 15) is 4.79 Å². The fourth-order valence-electron chi connectivity index (χ4n) is 2.05. The molecule has 94 valence electrons. The van der Waals surface area contributed by atoms with E-state index in [4.69, 9.17) is 0 Å². The zero-order valence-electron chi connectivity index (χ0n) is 9.91. The van der Waals surface area contributed by atoms with Gasteiger partial charge in [-0.15, -0.1) is 11.3 Å². The van der Waals surface area contributed by atoms with Gasteiger partial charge in [0.25, 0.3) is 0 Å². The highest BCUT2D eigenvalue weighted by Crippen LogP contribution is 2.24. The zero-order chi connectivity index (χ0) is 12.3. The van der Waals surface area contributed by atoms with Gasteiger partial charge in [0.15, 0.2) is 5.78 Å². The topological polar surface area (TPSA) is 32.3 Å². The summed E-state index contributed by atoms with van der Waals surface area (Å²) in [5.74, 6) is 0.345. The number of nitrogens with zero attached hydrogens (tertiary/aromatic N) is 1. The first-order valence-electron chi connectivity index (χ1n) is 5.89. The van der Waals surface area contributed by atoms with Crippen LogP contribution in [0.15, 0.2) is 15.9 Å². The smallest absolute Gasteiger partial charge is 0.176 e. The van der Waals surface area contributed by atoms with E-state index in [-0.39, 0.29) is 11.7 Å². The monoisotopic (exact) mass is 316 g/mol. The summed E-state index contributed by atoms with van der Waals surface area (Å²) in [6.45, 7) is 7.06. The SMILES string of the molecule is CC(CN1CCNCC1)C(=O)c1ccc(Br)s1. The Hall–Kier alpha value is -0.230. The molecule has 2 heterocycles. The number of halogens is 1. The minimum absolute atomic E-state index is 0.0821. The van der Waals surface area contributed by atoms with Gasteiger partial charge in [0.05, 0.1) is 8.66 Å². The first-order chi connectivity index (χ1) is 8.16. The number of Topliss-reactive ketones (excluding diaryl/α,β-unsaturated/α-hetero) is 1. The molecule has 5 heteroatoms. The molecule has 17 heavy (non-hydrogen) atoms. The number of nitrogens with one attached hydrogen (secondary N) is 1. The predicted molar refractivity (Wildman–Crippen MR) is 74.8 cm³/mol. The number of hydrogen-bond acceptors (Lipinski definition) is 4. The standard InChI is InChI=1S/C12H17BrN2OS/c1-9(8-15-6-4-14-5-7-15)12(16)10-2-3-11(13)17-10/h2-3,9,14H,4-8H2,1H3. The Kier molecular flexibility index (Phi) is 4.73. The highest BCUT2D eigenvalue weighted by Gasteiger charge is 2.20. The summed E-state index contributed by atoms with van der Waals surface area (Å²) in [6.07, 6.45) is 0. The Morgan fingerprint density at radius 2 is 2.24 bits per heavy atom. The van der Waals surface area contributed by atoms with Crippen LogP contribution in [0.25, 0.3) is 0 Å². The largest absolute Gasteiger partial charge is 0.314 e. The van der Waals surface area contributed by atoms with Crippen LogP contribution in [0.2, 0.25) is 0 Å². The van der Waals surface area contributed by atoms with Gasteiger partial charge in [0.1, 0.15) is 0 Å². The number of carbonyl (C=O) groups is 1. The number of piperazine rings is 1. The molecule has 1 aromatic rings. The van der Waals surface area contributed by atoms with E-state index in [1.54, 1.807) is 0 Å². The molecule has 0 aliphatic carbocycles.